The first-order chi connectivity index (χ1) is 13.8. The number of fused-ring (bicyclic) bond motifs is 2. The minimum Gasteiger partial charge on any atom is -0.229 e. The van der Waals surface area contributed by atoms with Gasteiger partial charge in [0, 0.05) is 16.2 Å². The van der Waals surface area contributed by atoms with Gasteiger partial charge in [-0.15, -0.1) is 23.1 Å². The second-order valence-corrected chi connectivity index (χ2v) is 8.85. The Balaban J connectivity index is 1.58. The van der Waals surface area contributed by atoms with Crippen LogP contribution >= 0.6 is 23.1 Å². The van der Waals surface area contributed by atoms with E-state index < -0.39 is 0 Å². The van der Waals surface area contributed by atoms with Crippen molar-refractivity contribution >= 4 is 44.1 Å². The molecule has 0 bridgehead atoms. The van der Waals surface area contributed by atoms with Gasteiger partial charge in [-0.05, 0) is 28.8 Å². The first-order valence-electron chi connectivity index (χ1n) is 9.20. The molecule has 28 heavy (non-hydrogen) atoms. The van der Waals surface area contributed by atoms with Crippen LogP contribution in [0.5, 0.6) is 0 Å². The molecule has 136 valence electrons. The topological polar surface area (TPSA) is 25.8 Å². The van der Waals surface area contributed by atoms with Crippen LogP contribution in [0.4, 0.5) is 0 Å². The monoisotopic (exact) mass is 398 g/mol. The van der Waals surface area contributed by atoms with Gasteiger partial charge in [0.25, 0.3) is 0 Å². The summed E-state index contributed by atoms with van der Waals surface area (Å²) in [7, 11) is 0. The molecule has 0 saturated heterocycles. The minimum absolute atomic E-state index is 0.886. The summed E-state index contributed by atoms with van der Waals surface area (Å²) >= 11 is 3.54. The number of rotatable bonds is 4. The molecule has 2 aromatic heterocycles. The molecule has 4 heteroatoms. The largest absolute Gasteiger partial charge is 0.229 e. The maximum atomic E-state index is 4.66. The highest BCUT2D eigenvalue weighted by Gasteiger charge is 2.17. The molecule has 5 aromatic rings. The smallest absolute Gasteiger partial charge is 0.128 e. The Bertz CT molecular complexity index is 1270. The van der Waals surface area contributed by atoms with E-state index in [1.807, 2.05) is 0 Å². The maximum absolute atomic E-state index is 4.66. The summed E-state index contributed by atoms with van der Waals surface area (Å²) < 4.78 is 0. The Morgan fingerprint density at radius 1 is 0.857 bits per heavy atom. The van der Waals surface area contributed by atoms with Crippen molar-refractivity contribution in [1.29, 1.82) is 0 Å². The van der Waals surface area contributed by atoms with Gasteiger partial charge in [0.15, 0.2) is 0 Å². The van der Waals surface area contributed by atoms with Crippen LogP contribution in [-0.4, -0.2) is 9.97 Å². The fraction of sp³-hybridized carbons (Fsp3) is 0.0833. The van der Waals surface area contributed by atoms with Crippen LogP contribution < -0.4 is 0 Å². The molecule has 2 heterocycles. The zero-order chi connectivity index (χ0) is 18.9. The van der Waals surface area contributed by atoms with Crippen LogP contribution in [-0.2, 0) is 5.75 Å². The van der Waals surface area contributed by atoms with Crippen LogP contribution in [0.15, 0.2) is 84.1 Å². The molecule has 0 radical (unpaired) electrons. The molecule has 0 N–H and O–H groups in total. The van der Waals surface area contributed by atoms with E-state index in [0.717, 1.165) is 15.6 Å². The third kappa shape index (κ3) is 3.09. The van der Waals surface area contributed by atoms with Crippen molar-refractivity contribution in [2.75, 3.05) is 0 Å². The summed E-state index contributed by atoms with van der Waals surface area (Å²) in [5.41, 5.74) is 3.83. The Morgan fingerprint density at radius 3 is 2.54 bits per heavy atom. The van der Waals surface area contributed by atoms with Crippen molar-refractivity contribution in [3.8, 4) is 11.1 Å². The highest BCUT2D eigenvalue weighted by atomic mass is 32.2. The third-order valence-electron chi connectivity index (χ3n) is 4.94. The van der Waals surface area contributed by atoms with Crippen molar-refractivity contribution in [2.45, 2.75) is 17.7 Å². The van der Waals surface area contributed by atoms with E-state index in [1.54, 1.807) is 29.4 Å². The third-order valence-corrected chi connectivity index (χ3v) is 6.99. The normalized spacial score (nSPS) is 11.3. The van der Waals surface area contributed by atoms with Crippen LogP contribution in [0, 0.1) is 6.92 Å². The van der Waals surface area contributed by atoms with Gasteiger partial charge in [-0.25, -0.2) is 9.97 Å². The lowest BCUT2D eigenvalue weighted by Gasteiger charge is -2.08. The average Bonchev–Trinajstić information content (AvgIpc) is 3.09. The quantitative estimate of drug-likeness (QED) is 0.238. The second-order valence-electron chi connectivity index (χ2n) is 6.69. The number of thioether (sulfide) groups is 1. The molecule has 5 rings (SSSR count). The summed E-state index contributed by atoms with van der Waals surface area (Å²) in [6.45, 7) is 2.17. The first-order valence-corrected chi connectivity index (χ1v) is 11.0. The summed E-state index contributed by atoms with van der Waals surface area (Å²) in [4.78, 5) is 11.6. The van der Waals surface area contributed by atoms with E-state index >= 15 is 0 Å². The standard InChI is InChI=1S/C24H18N2S2/c1-16-21(18-9-3-2-4-10-18)22-23(25-15-26-24(22)28-16)27-14-19-12-7-11-17-8-5-6-13-20(17)19/h2-13,15H,14H2,1H3. The highest BCUT2D eigenvalue weighted by Crippen LogP contribution is 2.42. The molecular formula is C24H18N2S2. The van der Waals surface area contributed by atoms with Gasteiger partial charge in [0.2, 0.25) is 0 Å². The van der Waals surface area contributed by atoms with Crippen molar-refractivity contribution in [3.05, 3.63) is 89.6 Å². The number of nitrogens with zero attached hydrogens (tertiary/aromatic N) is 2. The summed E-state index contributed by atoms with van der Waals surface area (Å²) in [5.74, 6) is 0.886. The van der Waals surface area contributed by atoms with Crippen LogP contribution in [0.3, 0.4) is 0 Å². The van der Waals surface area contributed by atoms with Gasteiger partial charge in [0.05, 0.1) is 5.39 Å². The molecule has 0 fully saturated rings. The Hall–Kier alpha value is -2.69. The van der Waals surface area contributed by atoms with E-state index in [-0.39, 0.29) is 0 Å². The van der Waals surface area contributed by atoms with Gasteiger partial charge in [0.1, 0.15) is 16.2 Å². The van der Waals surface area contributed by atoms with Gasteiger partial charge in [-0.1, -0.05) is 72.8 Å². The van der Waals surface area contributed by atoms with E-state index in [0.29, 0.717) is 0 Å². The fourth-order valence-electron chi connectivity index (χ4n) is 3.64. The van der Waals surface area contributed by atoms with E-state index in [1.165, 1.54) is 37.7 Å². The van der Waals surface area contributed by atoms with Gasteiger partial charge in [-0.3, -0.25) is 0 Å². The van der Waals surface area contributed by atoms with Crippen molar-refractivity contribution < 1.29 is 0 Å². The maximum Gasteiger partial charge on any atom is 0.128 e. The summed E-state index contributed by atoms with van der Waals surface area (Å²) in [6, 6.07) is 25.7. The van der Waals surface area contributed by atoms with E-state index in [2.05, 4.69) is 89.7 Å². The predicted molar refractivity (Wildman–Crippen MR) is 121 cm³/mol. The number of benzene rings is 3. The number of aromatic nitrogens is 2. The lowest BCUT2D eigenvalue weighted by atomic mass is 10.0. The van der Waals surface area contributed by atoms with Crippen molar-refractivity contribution in [1.82, 2.24) is 9.97 Å². The SMILES string of the molecule is Cc1sc2ncnc(SCc3cccc4ccccc34)c2c1-c1ccccc1. The van der Waals surface area contributed by atoms with E-state index in [9.17, 15) is 0 Å². The molecule has 3 aromatic carbocycles. The van der Waals surface area contributed by atoms with Gasteiger partial charge >= 0.3 is 0 Å². The summed E-state index contributed by atoms with van der Waals surface area (Å²) in [6.07, 6.45) is 1.69. The molecule has 0 amide bonds. The molecule has 0 aliphatic rings. The Labute approximate surface area is 172 Å². The zero-order valence-corrected chi connectivity index (χ0v) is 17.1. The summed E-state index contributed by atoms with van der Waals surface area (Å²) in [5, 5.41) is 4.83. The van der Waals surface area contributed by atoms with E-state index in [4.69, 9.17) is 0 Å². The molecule has 2 nitrogen and oxygen atoms in total. The molecule has 0 aliphatic carbocycles. The lowest BCUT2D eigenvalue weighted by molar-refractivity contribution is 1.11. The number of thiophene rings is 1. The molecule has 0 spiro atoms. The molecule has 0 unspecified atom stereocenters. The Kier molecular flexibility index (Phi) is 4.59. The predicted octanol–water partition coefficient (Wildman–Crippen LogP) is 7.11. The Morgan fingerprint density at radius 2 is 1.64 bits per heavy atom. The molecular weight excluding hydrogens is 380 g/mol. The molecule has 0 aliphatic heterocycles. The van der Waals surface area contributed by atoms with Crippen LogP contribution in [0.25, 0.3) is 32.1 Å². The van der Waals surface area contributed by atoms with Crippen LogP contribution in [0.1, 0.15) is 10.4 Å². The fourth-order valence-corrected chi connectivity index (χ4v) is 5.73. The second kappa shape index (κ2) is 7.38. The van der Waals surface area contributed by atoms with Crippen LogP contribution in [0.2, 0.25) is 0 Å². The van der Waals surface area contributed by atoms with Crippen molar-refractivity contribution in [2.24, 2.45) is 0 Å². The average molecular weight is 399 g/mol. The first kappa shape index (κ1) is 17.4. The van der Waals surface area contributed by atoms with Crippen molar-refractivity contribution in [3.63, 3.8) is 0 Å². The highest BCUT2D eigenvalue weighted by molar-refractivity contribution is 7.98. The lowest BCUT2D eigenvalue weighted by Crippen LogP contribution is -1.89. The zero-order valence-electron chi connectivity index (χ0n) is 15.4. The molecule has 0 atom stereocenters. The van der Waals surface area contributed by atoms with Gasteiger partial charge < -0.3 is 0 Å². The van der Waals surface area contributed by atoms with Gasteiger partial charge in [-0.2, -0.15) is 0 Å². The number of hydrogen-bond donors (Lipinski definition) is 0. The number of hydrogen-bond acceptors (Lipinski definition) is 4. The number of aryl methyl sites for hydroxylation is 1. The minimum atomic E-state index is 0.886. The molecule has 0 saturated carbocycles.